The van der Waals surface area contributed by atoms with Gasteiger partial charge in [-0.25, -0.2) is 0 Å². The highest BCUT2D eigenvalue weighted by atomic mass is 35.5. The monoisotopic (exact) mass is 476 g/mol. The molecule has 0 saturated heterocycles. The van der Waals surface area contributed by atoms with Gasteiger partial charge in [0.1, 0.15) is 12.4 Å². The maximum Gasteiger partial charge on any atom is 0.271 e. The lowest BCUT2D eigenvalue weighted by Crippen LogP contribution is -2.13. The van der Waals surface area contributed by atoms with E-state index >= 15 is 0 Å². The number of nitro benzene ring substituents is 1. The van der Waals surface area contributed by atoms with Gasteiger partial charge in [-0.1, -0.05) is 48.0 Å². The first kappa shape index (κ1) is 23.0. The summed E-state index contributed by atoms with van der Waals surface area (Å²) in [4.78, 5) is 22.9. The summed E-state index contributed by atoms with van der Waals surface area (Å²) in [7, 11) is 0. The lowest BCUT2D eigenvalue weighted by Gasteiger charge is -2.09. The van der Waals surface area contributed by atoms with Crippen molar-refractivity contribution in [2.75, 3.05) is 5.32 Å². The van der Waals surface area contributed by atoms with E-state index < -0.39 is 4.92 Å². The van der Waals surface area contributed by atoms with Crippen molar-refractivity contribution in [1.29, 1.82) is 0 Å². The predicted octanol–water partition coefficient (Wildman–Crippen LogP) is 5.63. The van der Waals surface area contributed by atoms with Crippen LogP contribution in [0.3, 0.4) is 0 Å². The summed E-state index contributed by atoms with van der Waals surface area (Å²) in [5.74, 6) is 0.543. The Morgan fingerprint density at radius 3 is 2.59 bits per heavy atom. The Balaban J connectivity index is 1.33. The number of ether oxygens (including phenoxy) is 1. The van der Waals surface area contributed by atoms with Crippen LogP contribution >= 0.6 is 11.6 Å². The van der Waals surface area contributed by atoms with Crippen LogP contribution in [-0.2, 0) is 13.2 Å². The van der Waals surface area contributed by atoms with Gasteiger partial charge in [0.2, 0.25) is 0 Å². The van der Waals surface area contributed by atoms with Crippen molar-refractivity contribution in [1.82, 2.24) is 9.78 Å². The largest absolute Gasteiger partial charge is 0.487 e. The number of nitro groups is 1. The summed E-state index contributed by atoms with van der Waals surface area (Å²) in [6.07, 6.45) is 1.83. The summed E-state index contributed by atoms with van der Waals surface area (Å²) in [5, 5.41) is 18.2. The third kappa shape index (κ3) is 5.60. The van der Waals surface area contributed by atoms with Gasteiger partial charge in [-0.3, -0.25) is 19.6 Å². The van der Waals surface area contributed by atoms with Gasteiger partial charge in [0.25, 0.3) is 11.6 Å². The Morgan fingerprint density at radius 2 is 1.88 bits per heavy atom. The van der Waals surface area contributed by atoms with E-state index in [0.717, 1.165) is 11.1 Å². The van der Waals surface area contributed by atoms with Gasteiger partial charge in [0.05, 0.1) is 16.5 Å². The minimum absolute atomic E-state index is 0.104. The second kappa shape index (κ2) is 10.2. The van der Waals surface area contributed by atoms with Gasteiger partial charge < -0.3 is 10.1 Å². The SMILES string of the molecule is Cc1ccccc1Cn1ccc(NC(=O)c2ccc(COc3ccc([N+](=O)[O-])cc3Cl)cc2)n1. The van der Waals surface area contributed by atoms with E-state index in [1.165, 1.54) is 23.8 Å². The van der Waals surface area contributed by atoms with E-state index in [0.29, 0.717) is 23.7 Å². The van der Waals surface area contributed by atoms with Crippen molar-refractivity contribution in [2.24, 2.45) is 0 Å². The Labute approximate surface area is 200 Å². The number of carbonyl (C=O) groups excluding carboxylic acids is 1. The molecule has 9 heteroatoms. The molecule has 0 aliphatic rings. The van der Waals surface area contributed by atoms with Gasteiger partial charge in [0, 0.05) is 30.0 Å². The molecule has 0 spiro atoms. The zero-order valence-corrected chi connectivity index (χ0v) is 19.0. The second-order valence-corrected chi connectivity index (χ2v) is 8.04. The van der Waals surface area contributed by atoms with Gasteiger partial charge in [0.15, 0.2) is 5.82 Å². The molecule has 172 valence electrons. The van der Waals surface area contributed by atoms with Crippen molar-refractivity contribution in [3.05, 3.63) is 116 Å². The van der Waals surface area contributed by atoms with Crippen LogP contribution in [0.15, 0.2) is 79.0 Å². The fourth-order valence-corrected chi connectivity index (χ4v) is 3.53. The maximum absolute atomic E-state index is 12.6. The van der Waals surface area contributed by atoms with Gasteiger partial charge >= 0.3 is 0 Å². The summed E-state index contributed by atoms with van der Waals surface area (Å²) in [5.41, 5.74) is 3.53. The average Bonchev–Trinajstić information content (AvgIpc) is 3.26. The summed E-state index contributed by atoms with van der Waals surface area (Å²) >= 11 is 6.05. The highest BCUT2D eigenvalue weighted by Gasteiger charge is 2.12. The first-order valence-electron chi connectivity index (χ1n) is 10.4. The maximum atomic E-state index is 12.6. The minimum Gasteiger partial charge on any atom is -0.487 e. The van der Waals surface area contributed by atoms with E-state index in [9.17, 15) is 14.9 Å². The van der Waals surface area contributed by atoms with Crippen LogP contribution in [0.1, 0.15) is 27.0 Å². The molecule has 0 aliphatic carbocycles. The van der Waals surface area contributed by atoms with E-state index in [1.54, 1.807) is 35.0 Å². The van der Waals surface area contributed by atoms with Crippen molar-refractivity contribution in [3.8, 4) is 5.75 Å². The molecule has 4 rings (SSSR count). The third-order valence-electron chi connectivity index (χ3n) is 5.21. The number of nitrogens with zero attached hydrogens (tertiary/aromatic N) is 3. The molecule has 1 amide bonds. The van der Waals surface area contributed by atoms with Crippen LogP contribution in [-0.4, -0.2) is 20.6 Å². The normalized spacial score (nSPS) is 10.6. The molecule has 0 aliphatic heterocycles. The number of benzene rings is 3. The average molecular weight is 477 g/mol. The molecule has 0 bridgehead atoms. The van der Waals surface area contributed by atoms with Crippen LogP contribution in [0.4, 0.5) is 11.5 Å². The van der Waals surface area contributed by atoms with Crippen molar-refractivity contribution in [3.63, 3.8) is 0 Å². The molecule has 0 saturated carbocycles. The number of nitrogens with one attached hydrogen (secondary N) is 1. The van der Waals surface area contributed by atoms with Gasteiger partial charge in [-0.05, 0) is 41.8 Å². The van der Waals surface area contributed by atoms with E-state index in [1.807, 2.05) is 18.3 Å². The summed E-state index contributed by atoms with van der Waals surface area (Å²) in [6, 6.07) is 20.8. The first-order valence-corrected chi connectivity index (χ1v) is 10.8. The number of carbonyl (C=O) groups is 1. The molecule has 3 aromatic carbocycles. The van der Waals surface area contributed by atoms with Gasteiger partial charge in [-0.2, -0.15) is 5.10 Å². The lowest BCUT2D eigenvalue weighted by atomic mass is 10.1. The first-order chi connectivity index (χ1) is 16.4. The fraction of sp³-hybridized carbons (Fsp3) is 0.120. The number of hydrogen-bond acceptors (Lipinski definition) is 5. The number of non-ortho nitro benzene ring substituents is 1. The number of aryl methyl sites for hydroxylation is 1. The molecule has 34 heavy (non-hydrogen) atoms. The molecule has 1 aromatic heterocycles. The van der Waals surface area contributed by atoms with Crippen LogP contribution < -0.4 is 10.1 Å². The molecular formula is C25H21ClN4O4. The molecule has 8 nitrogen and oxygen atoms in total. The van der Waals surface area contributed by atoms with Crippen LogP contribution in [0.2, 0.25) is 5.02 Å². The Bertz CT molecular complexity index is 1340. The number of hydrogen-bond donors (Lipinski definition) is 1. The summed E-state index contributed by atoms with van der Waals surface area (Å²) < 4.78 is 7.43. The molecule has 4 aromatic rings. The standard InChI is InChI=1S/C25H21ClN4O4/c1-17-4-2-3-5-20(17)15-29-13-12-24(28-29)27-25(31)19-8-6-18(7-9-19)16-34-23-11-10-21(30(32)33)14-22(23)26/h2-14H,15-16H2,1H3,(H,27,28,31). The fourth-order valence-electron chi connectivity index (χ4n) is 3.30. The van der Waals surface area contributed by atoms with Crippen molar-refractivity contribution in [2.45, 2.75) is 20.1 Å². The number of anilines is 1. The zero-order valence-electron chi connectivity index (χ0n) is 18.3. The molecule has 1 N–H and O–H groups in total. The minimum atomic E-state index is -0.520. The van der Waals surface area contributed by atoms with Crippen molar-refractivity contribution >= 4 is 29.0 Å². The highest BCUT2D eigenvalue weighted by molar-refractivity contribution is 6.32. The molecular weight excluding hydrogens is 456 g/mol. The third-order valence-corrected chi connectivity index (χ3v) is 5.51. The molecule has 0 fully saturated rings. The van der Waals surface area contributed by atoms with Crippen LogP contribution in [0.25, 0.3) is 0 Å². The van der Waals surface area contributed by atoms with E-state index in [-0.39, 0.29) is 23.2 Å². The van der Waals surface area contributed by atoms with Crippen LogP contribution in [0, 0.1) is 17.0 Å². The van der Waals surface area contributed by atoms with E-state index in [2.05, 4.69) is 29.5 Å². The number of aromatic nitrogens is 2. The quantitative estimate of drug-likeness (QED) is 0.262. The molecule has 0 radical (unpaired) electrons. The molecule has 0 atom stereocenters. The Kier molecular flexibility index (Phi) is 6.89. The van der Waals surface area contributed by atoms with Crippen LogP contribution in [0.5, 0.6) is 5.75 Å². The summed E-state index contributed by atoms with van der Waals surface area (Å²) in [6.45, 7) is 2.87. The predicted molar refractivity (Wildman–Crippen MR) is 129 cm³/mol. The zero-order chi connectivity index (χ0) is 24.1. The number of halogens is 1. The van der Waals surface area contributed by atoms with Gasteiger partial charge in [-0.15, -0.1) is 0 Å². The van der Waals surface area contributed by atoms with Crippen molar-refractivity contribution < 1.29 is 14.5 Å². The lowest BCUT2D eigenvalue weighted by molar-refractivity contribution is -0.384. The topological polar surface area (TPSA) is 99.3 Å². The molecule has 1 heterocycles. The highest BCUT2D eigenvalue weighted by Crippen LogP contribution is 2.29. The number of rotatable bonds is 8. The Morgan fingerprint density at radius 1 is 1.12 bits per heavy atom. The smallest absolute Gasteiger partial charge is 0.271 e. The second-order valence-electron chi connectivity index (χ2n) is 7.64. The van der Waals surface area contributed by atoms with E-state index in [4.69, 9.17) is 16.3 Å². The number of amides is 1. The molecule has 0 unspecified atom stereocenters. The Hall–Kier alpha value is -4.17.